The molecule has 188 valence electrons. The minimum absolute atomic E-state index is 0.410. The number of benzene rings is 2. The molecule has 4 aromatic rings. The maximum atomic E-state index is 12.3. The first-order chi connectivity index (χ1) is 17.4. The molecule has 2 aromatic heterocycles. The van der Waals surface area contributed by atoms with Crippen LogP contribution in [0.4, 0.5) is 23.0 Å². The zero-order valence-corrected chi connectivity index (χ0v) is 21.7. The van der Waals surface area contributed by atoms with E-state index in [9.17, 15) is 4.21 Å². The van der Waals surface area contributed by atoms with Crippen molar-refractivity contribution in [2.24, 2.45) is 0 Å². The Morgan fingerprint density at radius 3 is 2.67 bits per heavy atom. The van der Waals surface area contributed by atoms with E-state index in [-0.39, 0.29) is 0 Å². The zero-order chi connectivity index (χ0) is 25.7. The van der Waals surface area contributed by atoms with Crippen molar-refractivity contribution in [1.29, 1.82) is 0 Å². The van der Waals surface area contributed by atoms with Crippen molar-refractivity contribution in [2.45, 2.75) is 0 Å². The van der Waals surface area contributed by atoms with Crippen LogP contribution in [0.25, 0.3) is 16.7 Å². The lowest BCUT2D eigenvalue weighted by molar-refractivity contribution is 0.413. The molecule has 0 fully saturated rings. The third-order valence-corrected chi connectivity index (χ3v) is 6.43. The summed E-state index contributed by atoms with van der Waals surface area (Å²) >= 11 is 0. The van der Waals surface area contributed by atoms with Gasteiger partial charge in [0.2, 0.25) is 5.95 Å². The summed E-state index contributed by atoms with van der Waals surface area (Å²) in [6, 6.07) is 15.8. The van der Waals surface area contributed by atoms with Gasteiger partial charge in [-0.1, -0.05) is 24.8 Å². The Hall–Kier alpha value is -3.89. The molecule has 2 N–H and O–H groups in total. The molecule has 0 saturated heterocycles. The predicted molar refractivity (Wildman–Crippen MR) is 149 cm³/mol. The van der Waals surface area contributed by atoms with Gasteiger partial charge in [0.1, 0.15) is 22.6 Å². The topological polar surface area (TPSA) is 87.5 Å². The summed E-state index contributed by atoms with van der Waals surface area (Å²) in [5.74, 6) is 1.75. The third-order valence-electron chi connectivity index (χ3n) is 5.71. The number of hydrogen-bond donors (Lipinski definition) is 2. The highest BCUT2D eigenvalue weighted by Gasteiger charge is 2.16. The quantitative estimate of drug-likeness (QED) is 0.313. The second-order valence-corrected chi connectivity index (χ2v) is 9.60. The lowest BCUT2D eigenvalue weighted by atomic mass is 10.2. The fraction of sp³-hybridized carbons (Fsp3) is 0.231. The SMILES string of the molecule is C=CS(=O)Nc1cc(Nc2nccc(-n3ccc4ccccc43)n2)c(OC)cc1N(C)CCN(C)C. The number of fused-ring (bicyclic) bond motifs is 1. The van der Waals surface area contributed by atoms with Crippen molar-refractivity contribution in [3.8, 4) is 11.6 Å². The number of anilines is 4. The molecule has 0 aliphatic heterocycles. The molecule has 0 radical (unpaired) electrons. The number of nitrogens with one attached hydrogen (secondary N) is 2. The number of methoxy groups -OCH3 is 1. The van der Waals surface area contributed by atoms with Crippen molar-refractivity contribution in [2.75, 3.05) is 56.3 Å². The number of para-hydroxylation sites is 1. The normalized spacial score (nSPS) is 11.9. The van der Waals surface area contributed by atoms with E-state index in [1.807, 2.05) is 62.2 Å². The summed E-state index contributed by atoms with van der Waals surface area (Å²) in [5.41, 5.74) is 3.22. The van der Waals surface area contributed by atoms with Gasteiger partial charge in [0, 0.05) is 44.0 Å². The average Bonchev–Trinajstić information content (AvgIpc) is 3.32. The fourth-order valence-corrected chi connectivity index (χ4v) is 4.26. The third kappa shape index (κ3) is 5.67. The lowest BCUT2D eigenvalue weighted by Crippen LogP contribution is -2.29. The summed E-state index contributed by atoms with van der Waals surface area (Å²) in [4.78, 5) is 13.3. The maximum absolute atomic E-state index is 12.3. The van der Waals surface area contributed by atoms with Gasteiger partial charge in [-0.3, -0.25) is 4.72 Å². The van der Waals surface area contributed by atoms with Crippen LogP contribution in [0.1, 0.15) is 0 Å². The molecular formula is C26H31N7O2S. The van der Waals surface area contributed by atoms with Crippen molar-refractivity contribution < 1.29 is 8.95 Å². The van der Waals surface area contributed by atoms with Crippen LogP contribution in [-0.4, -0.2) is 65.0 Å². The van der Waals surface area contributed by atoms with Crippen LogP contribution in [0.2, 0.25) is 0 Å². The first-order valence-electron chi connectivity index (χ1n) is 11.4. The van der Waals surface area contributed by atoms with Gasteiger partial charge < -0.3 is 24.4 Å². The summed E-state index contributed by atoms with van der Waals surface area (Å²) < 4.78 is 23.0. The Bertz CT molecular complexity index is 1390. The number of hydrogen-bond acceptors (Lipinski definition) is 7. The molecule has 0 saturated carbocycles. The maximum Gasteiger partial charge on any atom is 0.229 e. The molecule has 9 nitrogen and oxygen atoms in total. The number of nitrogens with zero attached hydrogens (tertiary/aromatic N) is 5. The van der Waals surface area contributed by atoms with E-state index in [4.69, 9.17) is 9.72 Å². The van der Waals surface area contributed by atoms with Gasteiger partial charge in [-0.15, -0.1) is 0 Å². The Morgan fingerprint density at radius 2 is 1.92 bits per heavy atom. The van der Waals surface area contributed by atoms with E-state index in [2.05, 4.69) is 49.6 Å². The van der Waals surface area contributed by atoms with Crippen LogP contribution < -0.4 is 19.7 Å². The van der Waals surface area contributed by atoms with Crippen LogP contribution >= 0.6 is 0 Å². The van der Waals surface area contributed by atoms with E-state index in [0.29, 0.717) is 23.1 Å². The Kier molecular flexibility index (Phi) is 7.87. The van der Waals surface area contributed by atoms with Crippen LogP contribution in [-0.2, 0) is 11.0 Å². The second kappa shape index (κ2) is 11.2. The molecule has 1 atom stereocenters. The first kappa shape index (κ1) is 25.2. The highest BCUT2D eigenvalue weighted by atomic mass is 32.2. The molecule has 0 aliphatic carbocycles. The second-order valence-electron chi connectivity index (χ2n) is 8.47. The number of likely N-dealkylation sites (N-methyl/N-ethyl adjacent to an activating group) is 2. The molecule has 4 rings (SSSR count). The van der Waals surface area contributed by atoms with Crippen molar-refractivity contribution >= 4 is 44.9 Å². The van der Waals surface area contributed by atoms with Gasteiger partial charge in [-0.25, -0.2) is 9.19 Å². The molecular weight excluding hydrogens is 474 g/mol. The molecule has 10 heteroatoms. The van der Waals surface area contributed by atoms with Crippen molar-refractivity contribution in [1.82, 2.24) is 19.4 Å². The van der Waals surface area contributed by atoms with E-state index < -0.39 is 11.0 Å². The van der Waals surface area contributed by atoms with Crippen LogP contribution in [0.3, 0.4) is 0 Å². The monoisotopic (exact) mass is 505 g/mol. The van der Waals surface area contributed by atoms with Gasteiger partial charge in [0.25, 0.3) is 0 Å². The van der Waals surface area contributed by atoms with Gasteiger partial charge in [-0.2, -0.15) is 4.98 Å². The fourth-order valence-electron chi connectivity index (χ4n) is 3.80. The molecule has 2 heterocycles. The lowest BCUT2D eigenvalue weighted by Gasteiger charge is -2.26. The van der Waals surface area contributed by atoms with Crippen molar-refractivity contribution in [3.05, 3.63) is 72.9 Å². The predicted octanol–water partition coefficient (Wildman–Crippen LogP) is 4.39. The van der Waals surface area contributed by atoms with Crippen molar-refractivity contribution in [3.63, 3.8) is 0 Å². The number of aromatic nitrogens is 3. The zero-order valence-electron chi connectivity index (χ0n) is 20.9. The molecule has 0 aliphatic rings. The Balaban J connectivity index is 1.69. The largest absolute Gasteiger partial charge is 0.494 e. The van der Waals surface area contributed by atoms with E-state index in [0.717, 1.165) is 35.5 Å². The highest BCUT2D eigenvalue weighted by molar-refractivity contribution is 7.89. The van der Waals surface area contributed by atoms with Crippen LogP contribution in [0.15, 0.2) is 72.9 Å². The minimum Gasteiger partial charge on any atom is -0.494 e. The number of ether oxygens (including phenoxy) is 1. The molecule has 2 aromatic carbocycles. The Labute approximate surface area is 214 Å². The van der Waals surface area contributed by atoms with E-state index in [1.54, 1.807) is 13.3 Å². The summed E-state index contributed by atoms with van der Waals surface area (Å²) in [6.07, 6.45) is 3.70. The molecule has 0 bridgehead atoms. The number of rotatable bonds is 11. The summed E-state index contributed by atoms with van der Waals surface area (Å²) in [6.45, 7) is 5.26. The molecule has 1 unspecified atom stereocenters. The summed E-state index contributed by atoms with van der Waals surface area (Å²) in [5, 5.41) is 5.76. The van der Waals surface area contributed by atoms with Gasteiger partial charge in [0.15, 0.2) is 0 Å². The van der Waals surface area contributed by atoms with Gasteiger partial charge >= 0.3 is 0 Å². The first-order valence-corrected chi connectivity index (χ1v) is 12.6. The average molecular weight is 506 g/mol. The van der Waals surface area contributed by atoms with Crippen LogP contribution in [0.5, 0.6) is 5.75 Å². The molecule has 0 spiro atoms. The van der Waals surface area contributed by atoms with Gasteiger partial charge in [0.05, 0.1) is 29.7 Å². The van der Waals surface area contributed by atoms with E-state index in [1.165, 1.54) is 5.41 Å². The van der Waals surface area contributed by atoms with Gasteiger partial charge in [-0.05, 0) is 43.7 Å². The molecule has 36 heavy (non-hydrogen) atoms. The highest BCUT2D eigenvalue weighted by Crippen LogP contribution is 2.38. The van der Waals surface area contributed by atoms with E-state index >= 15 is 0 Å². The van der Waals surface area contributed by atoms with Crippen LogP contribution in [0, 0.1) is 0 Å². The smallest absolute Gasteiger partial charge is 0.229 e. The molecule has 0 amide bonds. The standard InChI is InChI=1S/C26H31N7O2S/c1-6-36(34)30-20-17-21(24(35-5)18-23(20)32(4)16-15-31(2)3)28-26-27-13-11-25(29-26)33-14-12-19-9-7-8-10-22(19)33/h6-14,17-18,30H,1,15-16H2,2-5H3,(H,27,28,29). The minimum atomic E-state index is -1.44. The Morgan fingerprint density at radius 1 is 1.11 bits per heavy atom. The summed E-state index contributed by atoms with van der Waals surface area (Å²) in [7, 11) is 6.21.